The van der Waals surface area contributed by atoms with Crippen LogP contribution in [0.5, 0.6) is 0 Å². The fourth-order valence-corrected chi connectivity index (χ4v) is 3.69. The molecule has 1 aromatic carbocycles. The Hall–Kier alpha value is -1.55. The summed E-state index contributed by atoms with van der Waals surface area (Å²) in [5, 5.41) is 6.49. The van der Waals surface area contributed by atoms with E-state index >= 15 is 0 Å². The number of carbonyl (C=O) groups is 1. The van der Waals surface area contributed by atoms with Crippen molar-refractivity contribution in [2.75, 3.05) is 25.5 Å². The number of hydrogen-bond acceptors (Lipinski definition) is 3. The van der Waals surface area contributed by atoms with Crippen LogP contribution in [0.4, 0.5) is 5.69 Å². The van der Waals surface area contributed by atoms with Gasteiger partial charge in [0.05, 0.1) is 6.04 Å². The van der Waals surface area contributed by atoms with Gasteiger partial charge < -0.3 is 15.5 Å². The molecule has 2 aliphatic rings. The van der Waals surface area contributed by atoms with Gasteiger partial charge in [-0.15, -0.1) is 0 Å². The van der Waals surface area contributed by atoms with E-state index < -0.39 is 0 Å². The largest absolute Gasteiger partial charge is 0.378 e. The molecule has 2 N–H and O–H groups in total. The van der Waals surface area contributed by atoms with Gasteiger partial charge in [-0.05, 0) is 48.9 Å². The molecule has 0 aromatic heterocycles. The molecule has 1 aromatic rings. The zero-order valence-corrected chi connectivity index (χ0v) is 12.9. The highest BCUT2D eigenvalue weighted by molar-refractivity contribution is 5.82. The van der Waals surface area contributed by atoms with E-state index in [4.69, 9.17) is 0 Å². The predicted octanol–water partition coefficient (Wildman–Crippen LogP) is 1.76. The van der Waals surface area contributed by atoms with Crippen molar-refractivity contribution < 1.29 is 4.79 Å². The summed E-state index contributed by atoms with van der Waals surface area (Å²) in [7, 11) is 4.06. The molecule has 21 heavy (non-hydrogen) atoms. The Morgan fingerprint density at radius 2 is 2.05 bits per heavy atom. The third-order valence-corrected chi connectivity index (χ3v) is 4.95. The SMILES string of the molecule is CN(C)c1ccc(CNC(=O)C2NCC3CCCC32)cc1. The second-order valence-electron chi connectivity index (χ2n) is 6.52. The topological polar surface area (TPSA) is 44.4 Å². The maximum absolute atomic E-state index is 12.4. The predicted molar refractivity (Wildman–Crippen MR) is 85.2 cm³/mol. The van der Waals surface area contributed by atoms with Crippen LogP contribution in [-0.4, -0.2) is 32.6 Å². The molecular formula is C17H25N3O. The summed E-state index contributed by atoms with van der Waals surface area (Å²) in [4.78, 5) is 14.4. The van der Waals surface area contributed by atoms with Crippen molar-refractivity contribution in [1.82, 2.24) is 10.6 Å². The number of anilines is 1. The molecule has 0 radical (unpaired) electrons. The van der Waals surface area contributed by atoms with E-state index in [0.717, 1.165) is 18.0 Å². The number of amides is 1. The van der Waals surface area contributed by atoms with Gasteiger partial charge in [0.1, 0.15) is 0 Å². The Bertz CT molecular complexity index is 497. The van der Waals surface area contributed by atoms with Gasteiger partial charge in [0, 0.05) is 26.3 Å². The second kappa shape index (κ2) is 6.06. The van der Waals surface area contributed by atoms with Gasteiger partial charge in [0.15, 0.2) is 0 Å². The Kier molecular flexibility index (Phi) is 4.15. The molecule has 0 spiro atoms. The molecule has 114 valence electrons. The minimum Gasteiger partial charge on any atom is -0.378 e. The fraction of sp³-hybridized carbons (Fsp3) is 0.588. The minimum absolute atomic E-state index is 0.0264. The Morgan fingerprint density at radius 3 is 2.76 bits per heavy atom. The molecule has 1 heterocycles. The Balaban J connectivity index is 1.54. The van der Waals surface area contributed by atoms with Gasteiger partial charge in [0.25, 0.3) is 0 Å². The molecule has 0 bridgehead atoms. The highest BCUT2D eigenvalue weighted by Crippen LogP contribution is 2.37. The van der Waals surface area contributed by atoms with Gasteiger partial charge in [-0.1, -0.05) is 18.6 Å². The summed E-state index contributed by atoms with van der Waals surface area (Å²) in [6, 6.07) is 8.36. The molecule has 1 saturated carbocycles. The molecule has 4 nitrogen and oxygen atoms in total. The normalized spacial score (nSPS) is 27.4. The zero-order valence-electron chi connectivity index (χ0n) is 12.9. The van der Waals surface area contributed by atoms with Crippen molar-refractivity contribution in [3.8, 4) is 0 Å². The first-order valence-corrected chi connectivity index (χ1v) is 7.92. The summed E-state index contributed by atoms with van der Waals surface area (Å²) < 4.78 is 0. The molecule has 3 rings (SSSR count). The molecule has 4 heteroatoms. The Morgan fingerprint density at radius 1 is 1.29 bits per heavy atom. The second-order valence-corrected chi connectivity index (χ2v) is 6.52. The summed E-state index contributed by atoms with van der Waals surface area (Å²) >= 11 is 0. The van der Waals surface area contributed by atoms with Crippen molar-refractivity contribution in [1.29, 1.82) is 0 Å². The summed E-state index contributed by atoms with van der Waals surface area (Å²) in [6.07, 6.45) is 3.77. The molecular weight excluding hydrogens is 262 g/mol. The van der Waals surface area contributed by atoms with Crippen LogP contribution in [0.1, 0.15) is 24.8 Å². The van der Waals surface area contributed by atoms with Crippen molar-refractivity contribution in [3.63, 3.8) is 0 Å². The lowest BCUT2D eigenvalue weighted by atomic mass is 9.93. The summed E-state index contributed by atoms with van der Waals surface area (Å²) in [5.41, 5.74) is 2.33. The molecule has 1 saturated heterocycles. The third kappa shape index (κ3) is 3.05. The van der Waals surface area contributed by atoms with Crippen LogP contribution in [-0.2, 0) is 11.3 Å². The van der Waals surface area contributed by atoms with E-state index in [1.54, 1.807) is 0 Å². The van der Waals surface area contributed by atoms with Gasteiger partial charge in [-0.25, -0.2) is 0 Å². The summed E-state index contributed by atoms with van der Waals surface area (Å²) in [6.45, 7) is 1.63. The fourth-order valence-electron chi connectivity index (χ4n) is 3.69. The molecule has 1 aliphatic carbocycles. The standard InChI is InChI=1S/C17H25N3O/c1-20(2)14-8-6-12(7-9-14)10-19-17(21)16-15-5-3-4-13(15)11-18-16/h6-9,13,15-16,18H,3-5,10-11H2,1-2H3,(H,19,21). The monoisotopic (exact) mass is 287 g/mol. The molecule has 3 atom stereocenters. The van der Waals surface area contributed by atoms with Gasteiger partial charge in [-0.3, -0.25) is 4.79 Å². The lowest BCUT2D eigenvalue weighted by Crippen LogP contribution is -2.43. The zero-order chi connectivity index (χ0) is 14.8. The molecule has 2 fully saturated rings. The first-order valence-electron chi connectivity index (χ1n) is 7.92. The Labute approximate surface area is 126 Å². The lowest BCUT2D eigenvalue weighted by Gasteiger charge is -2.18. The summed E-state index contributed by atoms with van der Waals surface area (Å²) in [5.74, 6) is 1.45. The first kappa shape index (κ1) is 14.4. The highest BCUT2D eigenvalue weighted by atomic mass is 16.2. The third-order valence-electron chi connectivity index (χ3n) is 4.95. The smallest absolute Gasteiger partial charge is 0.237 e. The maximum atomic E-state index is 12.4. The molecule has 1 amide bonds. The average molecular weight is 287 g/mol. The number of fused-ring (bicyclic) bond motifs is 1. The van der Waals surface area contributed by atoms with Crippen LogP contribution in [0.3, 0.4) is 0 Å². The van der Waals surface area contributed by atoms with E-state index in [1.807, 2.05) is 14.1 Å². The van der Waals surface area contributed by atoms with E-state index in [1.165, 1.54) is 24.9 Å². The van der Waals surface area contributed by atoms with E-state index in [2.05, 4.69) is 39.8 Å². The van der Waals surface area contributed by atoms with Crippen molar-refractivity contribution in [2.45, 2.75) is 31.8 Å². The van der Waals surface area contributed by atoms with Crippen LogP contribution in [0.15, 0.2) is 24.3 Å². The van der Waals surface area contributed by atoms with E-state index in [0.29, 0.717) is 12.5 Å². The molecule has 3 unspecified atom stereocenters. The quantitative estimate of drug-likeness (QED) is 0.887. The van der Waals surface area contributed by atoms with Gasteiger partial charge in [0.2, 0.25) is 5.91 Å². The minimum atomic E-state index is 0.0264. The number of benzene rings is 1. The first-order chi connectivity index (χ1) is 10.1. The van der Waals surface area contributed by atoms with Gasteiger partial charge in [-0.2, -0.15) is 0 Å². The number of nitrogens with one attached hydrogen (secondary N) is 2. The molecule has 1 aliphatic heterocycles. The van der Waals surface area contributed by atoms with Gasteiger partial charge >= 0.3 is 0 Å². The van der Waals surface area contributed by atoms with Crippen molar-refractivity contribution >= 4 is 11.6 Å². The van der Waals surface area contributed by atoms with Crippen LogP contribution < -0.4 is 15.5 Å². The maximum Gasteiger partial charge on any atom is 0.237 e. The number of nitrogens with zero attached hydrogens (tertiary/aromatic N) is 1. The van der Waals surface area contributed by atoms with E-state index in [9.17, 15) is 4.79 Å². The average Bonchev–Trinajstić information content (AvgIpc) is 3.08. The van der Waals surface area contributed by atoms with Crippen LogP contribution in [0.25, 0.3) is 0 Å². The highest BCUT2D eigenvalue weighted by Gasteiger charge is 2.42. The number of hydrogen-bond donors (Lipinski definition) is 2. The van der Waals surface area contributed by atoms with Crippen molar-refractivity contribution in [2.24, 2.45) is 11.8 Å². The van der Waals surface area contributed by atoms with Crippen LogP contribution in [0.2, 0.25) is 0 Å². The lowest BCUT2D eigenvalue weighted by molar-refractivity contribution is -0.123. The van der Waals surface area contributed by atoms with Crippen LogP contribution in [0, 0.1) is 11.8 Å². The number of rotatable bonds is 4. The van der Waals surface area contributed by atoms with E-state index in [-0.39, 0.29) is 11.9 Å². The van der Waals surface area contributed by atoms with Crippen molar-refractivity contribution in [3.05, 3.63) is 29.8 Å². The van der Waals surface area contributed by atoms with Crippen LogP contribution >= 0.6 is 0 Å². The number of carbonyl (C=O) groups excluding carboxylic acids is 1.